The van der Waals surface area contributed by atoms with Crippen molar-refractivity contribution in [1.82, 2.24) is 14.3 Å². The lowest BCUT2D eigenvalue weighted by atomic mass is 10.2. The van der Waals surface area contributed by atoms with E-state index in [4.69, 9.17) is 5.11 Å². The van der Waals surface area contributed by atoms with Crippen LogP contribution in [0.5, 0.6) is 5.75 Å². The Kier molecular flexibility index (Phi) is 3.12. The minimum absolute atomic E-state index is 0.0976. The van der Waals surface area contributed by atoms with Crippen molar-refractivity contribution in [3.8, 4) is 5.75 Å². The second kappa shape index (κ2) is 4.60. The third-order valence-electron chi connectivity index (χ3n) is 2.78. The summed E-state index contributed by atoms with van der Waals surface area (Å²) in [6.45, 7) is 1.88. The van der Waals surface area contributed by atoms with E-state index < -0.39 is 11.5 Å². The standard InChI is InChI=1S/C12H13N3O4/c1-7-8(5-14(2)13-7)6-15-10(12(18)19)3-9(16)4-11(15)17/h3-5,16H,6H2,1-2H3,(H,18,19). The fraction of sp³-hybridized carbons (Fsp3) is 0.250. The van der Waals surface area contributed by atoms with Gasteiger partial charge >= 0.3 is 5.97 Å². The van der Waals surface area contributed by atoms with Gasteiger partial charge in [0.05, 0.1) is 12.2 Å². The number of carbonyl (C=O) groups is 1. The summed E-state index contributed by atoms with van der Waals surface area (Å²) in [5.74, 6) is -1.63. The Morgan fingerprint density at radius 3 is 2.63 bits per heavy atom. The monoisotopic (exact) mass is 263 g/mol. The summed E-state index contributed by atoms with van der Waals surface area (Å²) in [5, 5.41) is 22.5. The topological polar surface area (TPSA) is 97.3 Å². The number of rotatable bonds is 3. The Balaban J connectivity index is 2.53. The third-order valence-corrected chi connectivity index (χ3v) is 2.78. The van der Waals surface area contributed by atoms with Gasteiger partial charge in [-0.05, 0) is 6.92 Å². The van der Waals surface area contributed by atoms with Gasteiger partial charge < -0.3 is 10.2 Å². The highest BCUT2D eigenvalue weighted by Crippen LogP contribution is 2.12. The van der Waals surface area contributed by atoms with Crippen LogP contribution in [0.1, 0.15) is 21.7 Å². The largest absolute Gasteiger partial charge is 0.508 e. The summed E-state index contributed by atoms with van der Waals surface area (Å²) < 4.78 is 2.68. The number of hydrogen-bond donors (Lipinski definition) is 2. The zero-order valence-corrected chi connectivity index (χ0v) is 10.5. The van der Waals surface area contributed by atoms with Gasteiger partial charge in [-0.1, -0.05) is 0 Å². The highest BCUT2D eigenvalue weighted by atomic mass is 16.4. The first kappa shape index (κ1) is 12.9. The second-order valence-electron chi connectivity index (χ2n) is 4.24. The molecule has 2 N–H and O–H groups in total. The van der Waals surface area contributed by atoms with E-state index in [1.54, 1.807) is 24.9 Å². The maximum absolute atomic E-state index is 11.8. The average Bonchev–Trinajstić information content (AvgIpc) is 2.60. The van der Waals surface area contributed by atoms with Gasteiger partial charge in [0, 0.05) is 30.9 Å². The van der Waals surface area contributed by atoms with Crippen molar-refractivity contribution in [3.05, 3.63) is 45.6 Å². The molecule has 7 nitrogen and oxygen atoms in total. The zero-order chi connectivity index (χ0) is 14.2. The lowest BCUT2D eigenvalue weighted by Gasteiger charge is -2.09. The minimum Gasteiger partial charge on any atom is -0.508 e. The SMILES string of the molecule is Cc1nn(C)cc1Cn1c(C(=O)O)cc(O)cc1=O. The molecule has 0 aliphatic heterocycles. The van der Waals surface area contributed by atoms with Gasteiger partial charge in [-0.25, -0.2) is 4.79 Å². The molecule has 0 radical (unpaired) electrons. The van der Waals surface area contributed by atoms with Gasteiger partial charge in [-0.3, -0.25) is 14.0 Å². The summed E-state index contributed by atoms with van der Waals surface area (Å²) in [4.78, 5) is 22.9. The van der Waals surface area contributed by atoms with Crippen LogP contribution in [0, 0.1) is 6.92 Å². The number of aromatic carboxylic acids is 1. The van der Waals surface area contributed by atoms with E-state index in [2.05, 4.69) is 5.10 Å². The fourth-order valence-electron chi connectivity index (χ4n) is 1.90. The van der Waals surface area contributed by atoms with E-state index in [1.165, 1.54) is 0 Å². The molecule has 0 spiro atoms. The van der Waals surface area contributed by atoms with Gasteiger partial charge in [0.15, 0.2) is 0 Å². The average molecular weight is 263 g/mol. The van der Waals surface area contributed by atoms with E-state index in [1.807, 2.05) is 0 Å². The van der Waals surface area contributed by atoms with Crippen molar-refractivity contribution < 1.29 is 15.0 Å². The molecule has 19 heavy (non-hydrogen) atoms. The molecule has 100 valence electrons. The number of carboxylic acid groups (broad SMARTS) is 1. The second-order valence-corrected chi connectivity index (χ2v) is 4.24. The molecule has 0 aliphatic carbocycles. The van der Waals surface area contributed by atoms with Crippen LogP contribution in [0.25, 0.3) is 0 Å². The van der Waals surface area contributed by atoms with Crippen molar-refractivity contribution in [1.29, 1.82) is 0 Å². The van der Waals surface area contributed by atoms with Gasteiger partial charge in [-0.2, -0.15) is 5.10 Å². The molecule has 2 aromatic rings. The quantitative estimate of drug-likeness (QED) is 0.832. The zero-order valence-electron chi connectivity index (χ0n) is 10.5. The normalized spacial score (nSPS) is 10.6. The molecule has 0 bridgehead atoms. The lowest BCUT2D eigenvalue weighted by molar-refractivity contribution is 0.0683. The van der Waals surface area contributed by atoms with E-state index in [-0.39, 0.29) is 18.0 Å². The van der Waals surface area contributed by atoms with Crippen LogP contribution in [0.4, 0.5) is 0 Å². The maximum Gasteiger partial charge on any atom is 0.352 e. The Morgan fingerprint density at radius 2 is 2.11 bits per heavy atom. The number of aryl methyl sites for hydroxylation is 2. The number of hydrogen-bond acceptors (Lipinski definition) is 4. The predicted octanol–water partition coefficient (Wildman–Crippen LogP) is 0.342. The van der Waals surface area contributed by atoms with E-state index >= 15 is 0 Å². The highest BCUT2D eigenvalue weighted by molar-refractivity contribution is 5.86. The van der Waals surface area contributed by atoms with Crippen LogP contribution < -0.4 is 5.56 Å². The Morgan fingerprint density at radius 1 is 1.42 bits per heavy atom. The maximum atomic E-state index is 11.8. The van der Waals surface area contributed by atoms with Gasteiger partial charge in [0.2, 0.25) is 0 Å². The van der Waals surface area contributed by atoms with Crippen molar-refractivity contribution in [2.75, 3.05) is 0 Å². The molecule has 0 amide bonds. The lowest BCUT2D eigenvalue weighted by Crippen LogP contribution is -2.25. The summed E-state index contributed by atoms with van der Waals surface area (Å²) in [5.41, 5.74) is 0.644. The first-order chi connectivity index (χ1) is 8.88. The summed E-state index contributed by atoms with van der Waals surface area (Å²) in [6, 6.07) is 2.04. The van der Waals surface area contributed by atoms with E-state index in [9.17, 15) is 14.7 Å². The number of carboxylic acids is 1. The summed E-state index contributed by atoms with van der Waals surface area (Å²) >= 11 is 0. The molecule has 2 rings (SSSR count). The Labute approximate surface area is 108 Å². The van der Waals surface area contributed by atoms with Crippen LogP contribution in [-0.4, -0.2) is 30.5 Å². The van der Waals surface area contributed by atoms with Crippen LogP contribution >= 0.6 is 0 Å². The van der Waals surface area contributed by atoms with Crippen molar-refractivity contribution >= 4 is 5.97 Å². The Hall–Kier alpha value is -2.57. The molecule has 7 heteroatoms. The smallest absolute Gasteiger partial charge is 0.352 e. The molecule has 0 aromatic carbocycles. The van der Waals surface area contributed by atoms with Crippen molar-refractivity contribution in [2.24, 2.45) is 7.05 Å². The summed E-state index contributed by atoms with van der Waals surface area (Å²) in [6.07, 6.45) is 1.72. The molecule has 0 unspecified atom stereocenters. The summed E-state index contributed by atoms with van der Waals surface area (Å²) in [7, 11) is 1.74. The molecule has 0 atom stereocenters. The van der Waals surface area contributed by atoms with Gasteiger partial charge in [-0.15, -0.1) is 0 Å². The number of aromatic nitrogens is 3. The van der Waals surface area contributed by atoms with Crippen LogP contribution in [0.15, 0.2) is 23.1 Å². The molecule has 2 heterocycles. The molecule has 2 aromatic heterocycles. The molecule has 0 saturated heterocycles. The van der Waals surface area contributed by atoms with Crippen LogP contribution in [0.2, 0.25) is 0 Å². The molecule has 0 saturated carbocycles. The molecular weight excluding hydrogens is 250 g/mol. The first-order valence-corrected chi connectivity index (χ1v) is 5.54. The van der Waals surface area contributed by atoms with Gasteiger partial charge in [0.1, 0.15) is 11.4 Å². The number of aromatic hydroxyl groups is 1. The molecule has 0 aliphatic rings. The predicted molar refractivity (Wildman–Crippen MR) is 66.4 cm³/mol. The number of pyridine rings is 1. The third kappa shape index (κ3) is 2.49. The molecule has 0 fully saturated rings. The Bertz CT molecular complexity index is 699. The molecular formula is C12H13N3O4. The van der Waals surface area contributed by atoms with Crippen LogP contribution in [-0.2, 0) is 13.6 Å². The number of nitrogens with zero attached hydrogens (tertiary/aromatic N) is 3. The first-order valence-electron chi connectivity index (χ1n) is 5.54. The van der Waals surface area contributed by atoms with Crippen molar-refractivity contribution in [2.45, 2.75) is 13.5 Å². The minimum atomic E-state index is -1.27. The van der Waals surface area contributed by atoms with Crippen LogP contribution in [0.3, 0.4) is 0 Å². The van der Waals surface area contributed by atoms with E-state index in [0.717, 1.165) is 28.0 Å². The van der Waals surface area contributed by atoms with Gasteiger partial charge in [0.25, 0.3) is 5.56 Å². The van der Waals surface area contributed by atoms with E-state index in [0.29, 0.717) is 0 Å². The van der Waals surface area contributed by atoms with Crippen molar-refractivity contribution in [3.63, 3.8) is 0 Å². The fourth-order valence-corrected chi connectivity index (χ4v) is 1.90. The highest BCUT2D eigenvalue weighted by Gasteiger charge is 2.15.